The van der Waals surface area contributed by atoms with Crippen molar-refractivity contribution >= 4 is 0 Å². The molecular formula is C9H22N2+2. The van der Waals surface area contributed by atoms with Gasteiger partial charge in [0.25, 0.3) is 0 Å². The van der Waals surface area contributed by atoms with Gasteiger partial charge in [0.2, 0.25) is 0 Å². The minimum absolute atomic E-state index is 0.985. The SMILES string of the molecule is CC1CC[NH+](CCC[NH3+])CC1. The largest absolute Gasteiger partial charge is 0.357 e. The molecule has 1 fully saturated rings. The second-order valence-corrected chi connectivity index (χ2v) is 3.89. The molecule has 0 aromatic rings. The highest BCUT2D eigenvalue weighted by Gasteiger charge is 2.17. The first kappa shape index (κ1) is 9.01. The predicted molar refractivity (Wildman–Crippen MR) is 46.3 cm³/mol. The summed E-state index contributed by atoms with van der Waals surface area (Å²) in [4.78, 5) is 1.81. The molecule has 0 unspecified atom stereocenters. The van der Waals surface area contributed by atoms with Crippen LogP contribution in [0.15, 0.2) is 0 Å². The van der Waals surface area contributed by atoms with E-state index in [-0.39, 0.29) is 0 Å². The van der Waals surface area contributed by atoms with Gasteiger partial charge in [-0.2, -0.15) is 0 Å². The van der Waals surface area contributed by atoms with Crippen molar-refractivity contribution < 1.29 is 10.6 Å². The Kier molecular flexibility index (Phi) is 3.87. The zero-order valence-corrected chi connectivity index (χ0v) is 7.73. The maximum Gasteiger partial charge on any atom is 0.0825 e. The van der Waals surface area contributed by atoms with Gasteiger partial charge in [-0.1, -0.05) is 6.92 Å². The molecule has 0 aromatic carbocycles. The average molecular weight is 158 g/mol. The van der Waals surface area contributed by atoms with E-state index in [0.717, 1.165) is 12.5 Å². The molecule has 0 amide bonds. The number of hydrogen-bond donors (Lipinski definition) is 2. The van der Waals surface area contributed by atoms with E-state index in [4.69, 9.17) is 0 Å². The predicted octanol–water partition coefficient (Wildman–Crippen LogP) is -1.07. The molecular weight excluding hydrogens is 136 g/mol. The molecule has 2 nitrogen and oxygen atoms in total. The maximum atomic E-state index is 3.87. The topological polar surface area (TPSA) is 32.1 Å². The maximum absolute atomic E-state index is 3.87. The van der Waals surface area contributed by atoms with E-state index in [2.05, 4.69) is 12.7 Å². The second kappa shape index (κ2) is 4.73. The zero-order valence-electron chi connectivity index (χ0n) is 7.73. The Morgan fingerprint density at radius 1 is 1.36 bits per heavy atom. The minimum atomic E-state index is 0.985. The zero-order chi connectivity index (χ0) is 8.10. The monoisotopic (exact) mass is 158 g/mol. The Hall–Kier alpha value is -0.0800. The summed E-state index contributed by atoms with van der Waals surface area (Å²) in [6, 6.07) is 0. The summed E-state index contributed by atoms with van der Waals surface area (Å²) in [7, 11) is 0. The lowest BCUT2D eigenvalue weighted by atomic mass is 9.99. The molecule has 0 aliphatic carbocycles. The molecule has 0 aromatic heterocycles. The average Bonchev–Trinajstić information content (AvgIpc) is 2.04. The van der Waals surface area contributed by atoms with Crippen molar-refractivity contribution in [2.24, 2.45) is 5.92 Å². The molecule has 66 valence electrons. The van der Waals surface area contributed by atoms with Crippen molar-refractivity contribution in [1.29, 1.82) is 0 Å². The first-order valence-electron chi connectivity index (χ1n) is 4.95. The van der Waals surface area contributed by atoms with E-state index in [9.17, 15) is 0 Å². The summed E-state index contributed by atoms with van der Waals surface area (Å²) in [6.07, 6.45) is 4.18. The molecule has 0 saturated carbocycles. The first-order valence-corrected chi connectivity index (χ1v) is 4.95. The lowest BCUT2D eigenvalue weighted by molar-refractivity contribution is -0.906. The van der Waals surface area contributed by atoms with Gasteiger partial charge in [-0.15, -0.1) is 0 Å². The van der Waals surface area contributed by atoms with E-state index in [1.807, 2.05) is 4.90 Å². The van der Waals surface area contributed by atoms with Gasteiger partial charge in [0.1, 0.15) is 0 Å². The number of nitrogens with one attached hydrogen (secondary N) is 1. The number of piperidine rings is 1. The Bertz CT molecular complexity index is 93.0. The van der Waals surface area contributed by atoms with Crippen molar-refractivity contribution in [1.82, 2.24) is 0 Å². The highest BCUT2D eigenvalue weighted by molar-refractivity contribution is 4.55. The van der Waals surface area contributed by atoms with Crippen molar-refractivity contribution in [3.8, 4) is 0 Å². The molecule has 0 atom stereocenters. The summed E-state index contributed by atoms with van der Waals surface area (Å²) in [5.41, 5.74) is 3.87. The van der Waals surface area contributed by atoms with Crippen LogP contribution in [0, 0.1) is 5.92 Å². The Morgan fingerprint density at radius 2 is 2.00 bits per heavy atom. The molecule has 0 spiro atoms. The van der Waals surface area contributed by atoms with Crippen LogP contribution in [0.4, 0.5) is 0 Å². The fourth-order valence-electron chi connectivity index (χ4n) is 1.80. The molecule has 1 aliphatic rings. The lowest BCUT2D eigenvalue weighted by Gasteiger charge is -2.26. The highest BCUT2D eigenvalue weighted by atomic mass is 15.1. The number of hydrogen-bond acceptors (Lipinski definition) is 0. The van der Waals surface area contributed by atoms with Gasteiger partial charge in [-0.05, 0) is 18.8 Å². The molecule has 2 heteroatoms. The van der Waals surface area contributed by atoms with Crippen LogP contribution in [-0.4, -0.2) is 26.2 Å². The van der Waals surface area contributed by atoms with E-state index in [1.165, 1.54) is 38.9 Å². The molecule has 1 saturated heterocycles. The van der Waals surface area contributed by atoms with Gasteiger partial charge in [0.05, 0.1) is 26.2 Å². The van der Waals surface area contributed by atoms with Crippen LogP contribution in [0.2, 0.25) is 0 Å². The Balaban J connectivity index is 2.07. The summed E-state index contributed by atoms with van der Waals surface area (Å²) < 4.78 is 0. The summed E-state index contributed by atoms with van der Waals surface area (Å²) >= 11 is 0. The quantitative estimate of drug-likeness (QED) is 0.524. The van der Waals surface area contributed by atoms with Gasteiger partial charge >= 0.3 is 0 Å². The lowest BCUT2D eigenvalue weighted by Crippen LogP contribution is -3.13. The van der Waals surface area contributed by atoms with E-state index in [0.29, 0.717) is 0 Å². The van der Waals surface area contributed by atoms with Crippen molar-refractivity contribution in [2.75, 3.05) is 26.2 Å². The molecule has 0 radical (unpaired) electrons. The van der Waals surface area contributed by atoms with Crippen LogP contribution in [0.5, 0.6) is 0 Å². The standard InChI is InChI=1S/C9H20N2/c1-9-3-7-11(8-4-9)6-2-5-10/h9H,2-8,10H2,1H3/p+2. The molecule has 4 N–H and O–H groups in total. The molecule has 0 bridgehead atoms. The van der Waals surface area contributed by atoms with Crippen LogP contribution >= 0.6 is 0 Å². The molecule has 11 heavy (non-hydrogen) atoms. The van der Waals surface area contributed by atoms with E-state index < -0.39 is 0 Å². The fourth-order valence-corrected chi connectivity index (χ4v) is 1.80. The van der Waals surface area contributed by atoms with Gasteiger partial charge in [0.15, 0.2) is 0 Å². The normalized spacial score (nSPS) is 32.2. The Labute approximate surface area is 69.8 Å². The molecule has 1 rings (SSSR count). The highest BCUT2D eigenvalue weighted by Crippen LogP contribution is 2.06. The summed E-state index contributed by atoms with van der Waals surface area (Å²) in [6.45, 7) is 7.65. The summed E-state index contributed by atoms with van der Waals surface area (Å²) in [5, 5.41) is 0. The van der Waals surface area contributed by atoms with Crippen LogP contribution in [0.3, 0.4) is 0 Å². The second-order valence-electron chi connectivity index (χ2n) is 3.89. The summed E-state index contributed by atoms with van der Waals surface area (Å²) in [5.74, 6) is 0.985. The molecule has 1 heterocycles. The fraction of sp³-hybridized carbons (Fsp3) is 1.00. The minimum Gasteiger partial charge on any atom is -0.357 e. The number of likely N-dealkylation sites (tertiary alicyclic amines) is 1. The van der Waals surface area contributed by atoms with Gasteiger partial charge in [-0.3, -0.25) is 0 Å². The van der Waals surface area contributed by atoms with Crippen LogP contribution < -0.4 is 10.6 Å². The van der Waals surface area contributed by atoms with Gasteiger partial charge in [-0.25, -0.2) is 0 Å². The van der Waals surface area contributed by atoms with Crippen LogP contribution in [0.25, 0.3) is 0 Å². The van der Waals surface area contributed by atoms with Gasteiger partial charge in [0, 0.05) is 6.42 Å². The van der Waals surface area contributed by atoms with E-state index in [1.54, 1.807) is 0 Å². The van der Waals surface area contributed by atoms with E-state index >= 15 is 0 Å². The first-order chi connectivity index (χ1) is 5.33. The van der Waals surface area contributed by atoms with Crippen molar-refractivity contribution in [2.45, 2.75) is 26.2 Å². The Morgan fingerprint density at radius 3 is 2.55 bits per heavy atom. The third kappa shape index (κ3) is 3.21. The molecule has 1 aliphatic heterocycles. The third-order valence-electron chi connectivity index (χ3n) is 2.76. The van der Waals surface area contributed by atoms with Crippen LogP contribution in [-0.2, 0) is 0 Å². The van der Waals surface area contributed by atoms with Gasteiger partial charge < -0.3 is 10.6 Å². The van der Waals surface area contributed by atoms with Crippen molar-refractivity contribution in [3.63, 3.8) is 0 Å². The number of quaternary nitrogens is 2. The smallest absolute Gasteiger partial charge is 0.0825 e. The van der Waals surface area contributed by atoms with Crippen molar-refractivity contribution in [3.05, 3.63) is 0 Å². The third-order valence-corrected chi connectivity index (χ3v) is 2.76. The van der Waals surface area contributed by atoms with Crippen LogP contribution in [0.1, 0.15) is 26.2 Å². The number of rotatable bonds is 3.